The molecule has 0 radical (unpaired) electrons. The summed E-state index contributed by atoms with van der Waals surface area (Å²) in [6.45, 7) is 5.82. The molecule has 14 aliphatic rings. The van der Waals surface area contributed by atoms with Crippen LogP contribution in [0.25, 0.3) is 0 Å². The van der Waals surface area contributed by atoms with Gasteiger partial charge in [-0.3, -0.25) is 38.4 Å². The van der Waals surface area contributed by atoms with Gasteiger partial charge in [0.2, 0.25) is 59.3 Å². The van der Waals surface area contributed by atoms with Gasteiger partial charge in [-0.1, -0.05) is 85.0 Å². The van der Waals surface area contributed by atoms with E-state index in [4.69, 9.17) is 47.9 Å². The number of carbonyl (C=O) groups is 8. The van der Waals surface area contributed by atoms with Crippen LogP contribution in [0.1, 0.15) is 212 Å². The number of hydrogen-bond acceptors (Lipinski definition) is 23. The molecule has 0 spiro atoms. The van der Waals surface area contributed by atoms with Crippen molar-refractivity contribution in [3.8, 4) is 17.2 Å². The predicted molar refractivity (Wildman–Crippen MR) is 425 cm³/mol. The van der Waals surface area contributed by atoms with Crippen molar-refractivity contribution >= 4 is 70.5 Å². The van der Waals surface area contributed by atoms with Gasteiger partial charge < -0.3 is 118 Å². The Bertz CT molecular complexity index is 3510. The average Bonchev–Trinajstić information content (AvgIpc) is 0.752. The molecule has 1 aromatic carbocycles. The van der Waals surface area contributed by atoms with Crippen molar-refractivity contribution in [2.75, 3.05) is 26.7 Å². The van der Waals surface area contributed by atoms with Gasteiger partial charge in [-0.25, -0.2) is 0 Å². The van der Waals surface area contributed by atoms with Gasteiger partial charge in [0, 0.05) is 18.5 Å². The van der Waals surface area contributed by atoms with Crippen LogP contribution in [-0.4, -0.2) is 246 Å². The van der Waals surface area contributed by atoms with Crippen LogP contribution in [0, 0.1) is 71.0 Å². The number of nitrogens with two attached hydrogens (primary N) is 1. The zero-order chi connectivity index (χ0) is 83.1. The Morgan fingerprint density at radius 3 is 1.76 bits per heavy atom. The standard InChI is InChI=1S/C83H130Cl2N10O21/c1-5-6-7-8-9-10-11-12-13-14-15-22-88-36-49-55(98)34-48-62(71(49)102)47-29-41(16-19-54(47)97)64-78(108)95-68(82(112)93-66(48)80(110)90-63-44-25-39-24-40(27-44)28-45(63)26-39)70(101)43-18-21-57(51(85)31-43)114-59-33-46-32-58(75(59)116-83-74(105)73(104)72(103)60(37-96)115-83)113-56-20-17-42(30-50(56)84)69(100)67(94-76(106)52(87-4)23-38(2)3)81(111)89-53(35-61(86)99)77(107)91-65(46)79(109)92-64/h32-33,38-45,47-57,60,62-74,83,87-88,96-98,100-105H,5-31,34-37H2,1-4H3,(H2,86,99)(H,89,111)(H,90,110)(H,91,107)(H,92,109)(H,93,112)(H,94,106)(H,95,108)/t39?,40?,41-,42-,43-,44?,45?,47?,48?,49?,50+,51-,52+,53-,54+,55-,56+,57+,60+,62?,63?,64+,65+,66-,67+,68-,69+,70+,71?,72+,73-,74+,83-/m0/s1. The summed E-state index contributed by atoms with van der Waals surface area (Å²) >= 11 is 14.8. The molecule has 8 amide bonds. The van der Waals surface area contributed by atoms with Crippen LogP contribution in [0.2, 0.25) is 0 Å². The molecule has 1 aromatic rings. The molecule has 5 unspecified atom stereocenters. The molecule has 31 nitrogen and oxygen atoms in total. The summed E-state index contributed by atoms with van der Waals surface area (Å²) in [4.78, 5) is 123. The monoisotopic (exact) mass is 1670 g/mol. The van der Waals surface area contributed by atoms with E-state index >= 15 is 28.8 Å². The average molecular weight is 1670 g/mol. The Morgan fingerprint density at radius 1 is 0.586 bits per heavy atom. The summed E-state index contributed by atoms with van der Waals surface area (Å²) in [6.07, 6.45) is -2.75. The van der Waals surface area contributed by atoms with Crippen molar-refractivity contribution in [2.45, 2.75) is 333 Å². The quantitative estimate of drug-likeness (QED) is 0.0463. The number of aliphatic hydroxyl groups is 9. The van der Waals surface area contributed by atoms with Crippen molar-refractivity contribution in [3.63, 3.8) is 0 Å². The highest BCUT2D eigenvalue weighted by molar-refractivity contribution is 6.21. The third-order valence-electron chi connectivity index (χ3n) is 28.0. The first-order valence-corrected chi connectivity index (χ1v) is 44.4. The SMILES string of the molecule is CCCCCCCCCCCCCNCC1C(O)C2C3C[C@H](CC[C@H]3O)[C@H]3NC(=O)[C@@H]4NC(=O)[C@H](CC(N)=O)NC(=O)[C@H](NC(=O)[C@@H](CC(C)C)NC)[C@H](O)[C@H]5CC[C@@H](Oc6cc4cc(c6O[C@@H]4O[C@H](CO)[C@@H](O)[C@H](O)[C@H]4O)O[C@@H]4CC[C@@H](C[C@@H]4Cl)[C@@H](O)[C@H](NC3=O)C(=O)N[C@H](C(=O)NC3C4CC6CC(C4)CC3C6)C2C[C@@H]1O)[C@H](Cl)C5. The molecular weight excluding hydrogens is 1540 g/mol. The molecule has 6 aliphatic heterocycles. The van der Waals surface area contributed by atoms with E-state index in [9.17, 15) is 55.5 Å². The smallest absolute Gasteiger partial charge is 0.247 e. The molecule has 8 aliphatic carbocycles. The highest BCUT2D eigenvalue weighted by atomic mass is 35.5. The van der Waals surface area contributed by atoms with Crippen LogP contribution < -0.4 is 67.8 Å². The first kappa shape index (κ1) is 89.7. The number of primary amides is 1. The minimum Gasteiger partial charge on any atom is -0.485 e. The minimum absolute atomic E-state index is 0.00456. The van der Waals surface area contributed by atoms with Crippen molar-refractivity contribution in [1.82, 2.24) is 47.9 Å². The topological polar surface area (TPSA) is 490 Å². The first-order valence-electron chi connectivity index (χ1n) is 43.5. The van der Waals surface area contributed by atoms with E-state index in [2.05, 4.69) is 54.8 Å². The molecule has 652 valence electrons. The largest absolute Gasteiger partial charge is 0.485 e. The molecule has 15 bridgehead atoms. The number of hydrogen-bond donors (Lipinski definition) is 19. The van der Waals surface area contributed by atoms with E-state index in [1.165, 1.54) is 57.1 Å². The van der Waals surface area contributed by atoms with E-state index in [-0.39, 0.29) is 118 Å². The predicted octanol–water partition coefficient (Wildman–Crippen LogP) is 1.62. The zero-order valence-corrected chi connectivity index (χ0v) is 69.0. The molecule has 33 heteroatoms. The molecule has 15 rings (SSSR count). The van der Waals surface area contributed by atoms with Gasteiger partial charge in [0.05, 0.1) is 60.3 Å². The number of nitrogens with one attached hydrogen (secondary N) is 9. The molecule has 116 heavy (non-hydrogen) atoms. The fourth-order valence-electron chi connectivity index (χ4n) is 21.8. The summed E-state index contributed by atoms with van der Waals surface area (Å²) in [5, 5.41) is 133. The fourth-order valence-corrected chi connectivity index (χ4v) is 22.6. The minimum atomic E-state index is -2.12. The highest BCUT2D eigenvalue weighted by Gasteiger charge is 2.58. The van der Waals surface area contributed by atoms with Crippen LogP contribution in [0.5, 0.6) is 17.2 Å². The van der Waals surface area contributed by atoms with Gasteiger partial charge in [-0.2, -0.15) is 0 Å². The Morgan fingerprint density at radius 2 is 1.17 bits per heavy atom. The maximum Gasteiger partial charge on any atom is 0.247 e. The number of ether oxygens (including phenoxy) is 4. The Balaban J connectivity index is 0.956. The molecule has 2 saturated heterocycles. The van der Waals surface area contributed by atoms with Gasteiger partial charge in [-0.15, -0.1) is 23.2 Å². The summed E-state index contributed by atoms with van der Waals surface area (Å²) in [5.74, 6) is -14.7. The van der Waals surface area contributed by atoms with Crippen LogP contribution in [-0.2, 0) is 43.1 Å². The van der Waals surface area contributed by atoms with E-state index in [1.54, 1.807) is 7.05 Å². The summed E-state index contributed by atoms with van der Waals surface area (Å²) < 4.78 is 26.3. The van der Waals surface area contributed by atoms with Crippen molar-refractivity contribution in [1.29, 1.82) is 0 Å². The second kappa shape index (κ2) is 40.4. The van der Waals surface area contributed by atoms with Crippen LogP contribution in [0.3, 0.4) is 0 Å². The van der Waals surface area contributed by atoms with Crippen molar-refractivity contribution in [2.24, 2.45) is 76.7 Å². The Kier molecular flexibility index (Phi) is 31.3. The number of unbranched alkanes of at least 4 members (excludes halogenated alkanes) is 10. The molecule has 6 heterocycles. The normalized spacial score (nSPS) is 40.2. The van der Waals surface area contributed by atoms with Gasteiger partial charge >= 0.3 is 0 Å². The lowest BCUT2D eigenvalue weighted by atomic mass is 9.54. The first-order chi connectivity index (χ1) is 55.5. The molecule has 10 fully saturated rings. The molecule has 0 aromatic heterocycles. The molecule has 20 N–H and O–H groups in total. The van der Waals surface area contributed by atoms with Crippen LogP contribution in [0.4, 0.5) is 0 Å². The maximum atomic E-state index is 16.5. The van der Waals surface area contributed by atoms with Crippen LogP contribution >= 0.6 is 23.2 Å². The summed E-state index contributed by atoms with van der Waals surface area (Å²) in [7, 11) is 1.55. The Hall–Kier alpha value is -5.52. The lowest BCUT2D eigenvalue weighted by Crippen LogP contribution is -2.68. The van der Waals surface area contributed by atoms with Crippen LogP contribution in [0.15, 0.2) is 12.1 Å². The third kappa shape index (κ3) is 21.0. The molecule has 28 atom stereocenters. The number of rotatable bonds is 26. The van der Waals surface area contributed by atoms with Crippen molar-refractivity contribution in [3.05, 3.63) is 17.7 Å². The van der Waals surface area contributed by atoms with E-state index in [1.807, 2.05) is 13.8 Å². The number of amides is 8. The van der Waals surface area contributed by atoms with Gasteiger partial charge in [0.15, 0.2) is 11.5 Å². The van der Waals surface area contributed by atoms with Crippen molar-refractivity contribution < 1.29 is 103 Å². The molecule has 8 saturated carbocycles. The number of likely N-dealkylation sites (N-methyl/N-ethyl adjacent to an activating group) is 1. The number of aliphatic hydroxyl groups excluding tert-OH is 9. The number of benzene rings is 1. The second-order valence-electron chi connectivity index (χ2n) is 36.4. The van der Waals surface area contributed by atoms with E-state index in [0.29, 0.717) is 18.4 Å². The number of fused-ring (bicyclic) bond motifs is 15. The van der Waals surface area contributed by atoms with Gasteiger partial charge in [0.1, 0.15) is 72.9 Å². The second-order valence-corrected chi connectivity index (χ2v) is 37.6. The third-order valence-corrected chi connectivity index (χ3v) is 28.9. The lowest BCUT2D eigenvalue weighted by molar-refractivity contribution is -0.278. The van der Waals surface area contributed by atoms with Gasteiger partial charge in [0.25, 0.3) is 0 Å². The van der Waals surface area contributed by atoms with E-state index in [0.717, 1.165) is 57.8 Å². The zero-order valence-electron chi connectivity index (χ0n) is 67.5. The Labute approximate surface area is 689 Å². The number of halogens is 2. The lowest BCUT2D eigenvalue weighted by Gasteiger charge is -2.55. The van der Waals surface area contributed by atoms with Gasteiger partial charge in [-0.05, 0) is 206 Å². The number of alkyl halides is 2. The van der Waals surface area contributed by atoms with E-state index < -0.39 is 234 Å². The molecular formula is C83H130Cl2N10O21. The summed E-state index contributed by atoms with van der Waals surface area (Å²) in [5.41, 5.74) is 5.64. The fraction of sp³-hybridized carbons (Fsp3) is 0.831. The maximum absolute atomic E-state index is 16.5. The number of carbonyl (C=O) groups excluding carboxylic acids is 8. The highest BCUT2D eigenvalue weighted by Crippen LogP contribution is 2.55. The summed E-state index contributed by atoms with van der Waals surface area (Å²) in [6, 6.07) is -9.83.